The molecule has 1 aromatic rings. The highest BCUT2D eigenvalue weighted by molar-refractivity contribution is 5.68. The molecule has 1 aromatic heterocycles. The Balaban J connectivity index is 1.96. The molecule has 2 rings (SSSR count). The van der Waals surface area contributed by atoms with Gasteiger partial charge in [0.25, 0.3) is 0 Å². The van der Waals surface area contributed by atoms with E-state index in [4.69, 9.17) is 9.15 Å². The van der Waals surface area contributed by atoms with Crippen molar-refractivity contribution in [2.45, 2.75) is 38.7 Å². The zero-order valence-electron chi connectivity index (χ0n) is 10.7. The van der Waals surface area contributed by atoms with Gasteiger partial charge in [-0.25, -0.2) is 14.7 Å². The van der Waals surface area contributed by atoms with Crippen LogP contribution in [0.4, 0.5) is 4.79 Å². The number of likely N-dealkylation sites (tertiary alicyclic amines) is 1. The molecule has 2 heterocycles. The maximum Gasteiger partial charge on any atom is 0.434 e. The summed E-state index contributed by atoms with van der Waals surface area (Å²) >= 11 is 0. The number of carbonyl (C=O) groups is 1. The van der Waals surface area contributed by atoms with E-state index in [1.165, 1.54) is 0 Å². The highest BCUT2D eigenvalue weighted by atomic mass is 16.6. The third kappa shape index (κ3) is 2.91. The quantitative estimate of drug-likeness (QED) is 0.811. The zero-order valence-corrected chi connectivity index (χ0v) is 10.7. The fourth-order valence-electron chi connectivity index (χ4n) is 1.87. The zero-order chi connectivity index (χ0) is 13.3. The lowest BCUT2D eigenvalue weighted by molar-refractivity contribution is 0.0291. The molecule has 1 saturated heterocycles. The fraction of sp³-hybridized carbons (Fsp3) is 0.727. The Morgan fingerprint density at radius 3 is 2.83 bits per heavy atom. The van der Waals surface area contributed by atoms with Gasteiger partial charge in [0.15, 0.2) is 0 Å². The Labute approximate surface area is 104 Å². The van der Waals surface area contributed by atoms with Gasteiger partial charge < -0.3 is 14.1 Å². The first-order chi connectivity index (χ1) is 8.35. The van der Waals surface area contributed by atoms with Gasteiger partial charge in [-0.05, 0) is 27.2 Å². The van der Waals surface area contributed by atoms with Crippen molar-refractivity contribution in [3.63, 3.8) is 0 Å². The number of hydrogen-bond donors (Lipinski definition) is 1. The summed E-state index contributed by atoms with van der Waals surface area (Å²) < 4.78 is 10.2. The summed E-state index contributed by atoms with van der Waals surface area (Å²) in [6.45, 7) is 6.51. The van der Waals surface area contributed by atoms with Crippen LogP contribution in [0.2, 0.25) is 0 Å². The van der Waals surface area contributed by atoms with Crippen LogP contribution < -0.4 is 5.76 Å². The number of amides is 1. The molecule has 1 aliphatic heterocycles. The van der Waals surface area contributed by atoms with Gasteiger partial charge in [-0.2, -0.15) is 0 Å². The maximum absolute atomic E-state index is 11.8. The summed E-state index contributed by atoms with van der Waals surface area (Å²) in [7, 11) is 0. The number of hydrogen-bond acceptors (Lipinski definition) is 5. The van der Waals surface area contributed by atoms with E-state index >= 15 is 0 Å². The van der Waals surface area contributed by atoms with Crippen molar-refractivity contribution < 1.29 is 13.9 Å². The number of H-pyrrole nitrogens is 1. The first-order valence-corrected chi connectivity index (χ1v) is 5.88. The van der Waals surface area contributed by atoms with Crippen molar-refractivity contribution in [1.82, 2.24) is 15.1 Å². The highest BCUT2D eigenvalue weighted by Crippen LogP contribution is 2.26. The molecule has 1 amide bonds. The second-order valence-electron chi connectivity index (χ2n) is 5.36. The molecule has 100 valence electrons. The summed E-state index contributed by atoms with van der Waals surface area (Å²) in [5, 5.41) is 6.00. The van der Waals surface area contributed by atoms with Gasteiger partial charge in [-0.15, -0.1) is 5.10 Å². The smallest absolute Gasteiger partial charge is 0.434 e. The van der Waals surface area contributed by atoms with Gasteiger partial charge >= 0.3 is 11.8 Å². The lowest BCUT2D eigenvalue weighted by Crippen LogP contribution is -2.35. The fourth-order valence-corrected chi connectivity index (χ4v) is 1.87. The van der Waals surface area contributed by atoms with Gasteiger partial charge in [-0.3, -0.25) is 0 Å². The topological polar surface area (TPSA) is 88.4 Å². The van der Waals surface area contributed by atoms with Crippen LogP contribution in [0.5, 0.6) is 0 Å². The number of rotatable bonds is 1. The van der Waals surface area contributed by atoms with Crippen LogP contribution in [0.3, 0.4) is 0 Å². The van der Waals surface area contributed by atoms with Crippen molar-refractivity contribution in [2.24, 2.45) is 0 Å². The molecule has 0 bridgehead atoms. The minimum absolute atomic E-state index is 0.0449. The van der Waals surface area contributed by atoms with Crippen molar-refractivity contribution in [3.05, 3.63) is 16.4 Å². The molecule has 1 aliphatic rings. The van der Waals surface area contributed by atoms with Gasteiger partial charge in [0.1, 0.15) is 5.60 Å². The minimum Gasteiger partial charge on any atom is -0.444 e. The van der Waals surface area contributed by atoms with Crippen molar-refractivity contribution in [3.8, 4) is 0 Å². The molecule has 7 nitrogen and oxygen atoms in total. The van der Waals surface area contributed by atoms with Crippen LogP contribution in [0.1, 0.15) is 39.0 Å². The monoisotopic (exact) mass is 255 g/mol. The van der Waals surface area contributed by atoms with E-state index in [1.54, 1.807) is 4.90 Å². The largest absolute Gasteiger partial charge is 0.444 e. The predicted octanol–water partition coefficient (Wildman–Crippen LogP) is 1.09. The Kier molecular flexibility index (Phi) is 3.14. The summed E-state index contributed by atoms with van der Waals surface area (Å²) in [4.78, 5) is 24.3. The first-order valence-electron chi connectivity index (χ1n) is 5.88. The number of ether oxygens (including phenoxy) is 1. The standard InChI is InChI=1S/C11H17N3O4/c1-11(2,3)18-10(16)14-5-4-7(6-14)8-12-13-9(15)17-8/h7H,4-6H2,1-3H3,(H,13,15)/t7-/m0/s1. The molecule has 0 aliphatic carbocycles. The van der Waals surface area contributed by atoms with Crippen LogP contribution in [0.15, 0.2) is 9.21 Å². The molecular formula is C11H17N3O4. The molecule has 0 spiro atoms. The molecule has 7 heteroatoms. The molecule has 0 radical (unpaired) electrons. The van der Waals surface area contributed by atoms with E-state index in [0.29, 0.717) is 25.4 Å². The molecular weight excluding hydrogens is 238 g/mol. The average Bonchev–Trinajstić information content (AvgIpc) is 2.82. The number of aromatic nitrogens is 2. The highest BCUT2D eigenvalue weighted by Gasteiger charge is 2.32. The van der Waals surface area contributed by atoms with Gasteiger partial charge in [0.2, 0.25) is 5.89 Å². The predicted molar refractivity (Wildman–Crippen MR) is 62.3 cm³/mol. The number of nitrogens with one attached hydrogen (secondary N) is 1. The Hall–Kier alpha value is -1.79. The Bertz CT molecular complexity index is 485. The van der Waals surface area contributed by atoms with Gasteiger partial charge in [0, 0.05) is 13.1 Å². The number of aromatic amines is 1. The summed E-state index contributed by atoms with van der Waals surface area (Å²) in [6, 6.07) is 0. The molecule has 0 unspecified atom stereocenters. The van der Waals surface area contributed by atoms with Crippen molar-refractivity contribution >= 4 is 6.09 Å². The van der Waals surface area contributed by atoms with Crippen LogP contribution in [0.25, 0.3) is 0 Å². The third-order valence-electron chi connectivity index (χ3n) is 2.64. The van der Waals surface area contributed by atoms with Gasteiger partial charge in [0.05, 0.1) is 5.92 Å². The second kappa shape index (κ2) is 4.47. The summed E-state index contributed by atoms with van der Waals surface area (Å²) in [5.41, 5.74) is -0.506. The van der Waals surface area contributed by atoms with E-state index in [1.807, 2.05) is 20.8 Å². The molecule has 1 fully saturated rings. The average molecular weight is 255 g/mol. The number of carbonyl (C=O) groups excluding carboxylic acids is 1. The lowest BCUT2D eigenvalue weighted by atomic mass is 10.1. The van der Waals surface area contributed by atoms with Crippen LogP contribution in [-0.4, -0.2) is 39.9 Å². The third-order valence-corrected chi connectivity index (χ3v) is 2.64. The molecule has 18 heavy (non-hydrogen) atoms. The number of nitrogens with zero attached hydrogens (tertiary/aromatic N) is 2. The summed E-state index contributed by atoms with van der Waals surface area (Å²) in [6.07, 6.45) is 0.371. The van der Waals surface area contributed by atoms with E-state index < -0.39 is 11.4 Å². The molecule has 0 saturated carbocycles. The van der Waals surface area contributed by atoms with E-state index in [9.17, 15) is 9.59 Å². The van der Waals surface area contributed by atoms with E-state index in [0.717, 1.165) is 0 Å². The van der Waals surface area contributed by atoms with Crippen LogP contribution in [0, 0.1) is 0 Å². The van der Waals surface area contributed by atoms with Crippen molar-refractivity contribution in [2.75, 3.05) is 13.1 Å². The Morgan fingerprint density at radius 2 is 2.28 bits per heavy atom. The first kappa shape index (κ1) is 12.7. The van der Waals surface area contributed by atoms with E-state index in [2.05, 4.69) is 10.2 Å². The van der Waals surface area contributed by atoms with Crippen molar-refractivity contribution in [1.29, 1.82) is 0 Å². The molecule has 1 N–H and O–H groups in total. The van der Waals surface area contributed by atoms with E-state index in [-0.39, 0.29) is 12.0 Å². The molecule has 0 aromatic carbocycles. The SMILES string of the molecule is CC(C)(C)OC(=O)N1CC[C@H](c2n[nH]c(=O)o2)C1. The van der Waals surface area contributed by atoms with Crippen LogP contribution >= 0.6 is 0 Å². The maximum atomic E-state index is 11.8. The molecule has 1 atom stereocenters. The Morgan fingerprint density at radius 1 is 1.56 bits per heavy atom. The normalized spacial score (nSPS) is 20.2. The second-order valence-corrected chi connectivity index (χ2v) is 5.36. The minimum atomic E-state index is -0.569. The summed E-state index contributed by atoms with van der Waals surface area (Å²) in [5.74, 6) is -0.261. The van der Waals surface area contributed by atoms with Gasteiger partial charge in [-0.1, -0.05) is 0 Å². The van der Waals surface area contributed by atoms with Crippen LogP contribution in [-0.2, 0) is 4.74 Å². The lowest BCUT2D eigenvalue weighted by Gasteiger charge is -2.24.